The van der Waals surface area contributed by atoms with E-state index in [-0.39, 0.29) is 23.6 Å². The van der Waals surface area contributed by atoms with Crippen LogP contribution in [0.5, 0.6) is 0 Å². The first-order valence-electron chi connectivity index (χ1n) is 5.96. The molecule has 3 nitrogen and oxygen atoms in total. The molecule has 1 amide bonds. The Morgan fingerprint density at radius 1 is 1.20 bits per heavy atom. The van der Waals surface area contributed by atoms with Crippen LogP contribution in [-0.2, 0) is 0 Å². The molecule has 0 aromatic heterocycles. The third kappa shape index (κ3) is 3.44. The zero-order valence-corrected chi connectivity index (χ0v) is 10.6. The summed E-state index contributed by atoms with van der Waals surface area (Å²) in [5, 5.41) is 11.4. The van der Waals surface area contributed by atoms with E-state index >= 15 is 0 Å². The van der Waals surface area contributed by atoms with Crippen molar-refractivity contribution in [2.75, 3.05) is 11.9 Å². The number of hydrogen-bond donors (Lipinski definition) is 2. The van der Waals surface area contributed by atoms with Crippen molar-refractivity contribution in [2.45, 2.75) is 0 Å². The van der Waals surface area contributed by atoms with Crippen molar-refractivity contribution in [1.29, 1.82) is 0 Å². The van der Waals surface area contributed by atoms with E-state index in [1.54, 1.807) is 24.3 Å². The summed E-state index contributed by atoms with van der Waals surface area (Å²) in [6.07, 6.45) is 0. The van der Waals surface area contributed by atoms with Crippen LogP contribution in [0.15, 0.2) is 48.5 Å². The van der Waals surface area contributed by atoms with Crippen molar-refractivity contribution < 1.29 is 14.3 Å². The standard InChI is InChI=1S/C16H12FNO2/c17-13-8-9-15(12(11-13)5-4-10-19)16(20)18-14-6-2-1-3-7-14/h1-3,6-9,11,19H,10H2,(H,18,20). The topological polar surface area (TPSA) is 49.3 Å². The van der Waals surface area contributed by atoms with E-state index < -0.39 is 5.82 Å². The average Bonchev–Trinajstić information content (AvgIpc) is 2.46. The Balaban J connectivity index is 2.30. The van der Waals surface area contributed by atoms with Gasteiger partial charge in [0.05, 0.1) is 5.56 Å². The molecule has 0 radical (unpaired) electrons. The highest BCUT2D eigenvalue weighted by Gasteiger charge is 2.11. The molecule has 0 fully saturated rings. The van der Waals surface area contributed by atoms with Gasteiger partial charge in [0.25, 0.3) is 5.91 Å². The Bertz CT molecular complexity index is 672. The first-order chi connectivity index (χ1) is 9.70. The smallest absolute Gasteiger partial charge is 0.256 e. The SMILES string of the molecule is O=C(Nc1ccccc1)c1ccc(F)cc1C#CCO. The molecule has 0 bridgehead atoms. The summed E-state index contributed by atoms with van der Waals surface area (Å²) in [4.78, 5) is 12.1. The number of aliphatic hydroxyl groups excluding tert-OH is 1. The third-order valence-electron chi connectivity index (χ3n) is 2.56. The van der Waals surface area contributed by atoms with Crippen molar-refractivity contribution in [2.24, 2.45) is 0 Å². The molecule has 0 saturated carbocycles. The normalized spacial score (nSPS) is 9.50. The van der Waals surface area contributed by atoms with E-state index in [4.69, 9.17) is 5.11 Å². The average molecular weight is 269 g/mol. The summed E-state index contributed by atoms with van der Waals surface area (Å²) < 4.78 is 13.2. The van der Waals surface area contributed by atoms with Gasteiger partial charge in [0, 0.05) is 11.3 Å². The van der Waals surface area contributed by atoms with E-state index in [9.17, 15) is 9.18 Å². The van der Waals surface area contributed by atoms with Crippen molar-refractivity contribution in [3.63, 3.8) is 0 Å². The molecule has 2 aromatic rings. The monoisotopic (exact) mass is 269 g/mol. The molecule has 0 aliphatic heterocycles. The number of aliphatic hydroxyl groups is 1. The first kappa shape index (κ1) is 13.8. The fourth-order valence-corrected chi connectivity index (χ4v) is 1.67. The van der Waals surface area contributed by atoms with E-state index in [1.165, 1.54) is 18.2 Å². The molecule has 20 heavy (non-hydrogen) atoms. The van der Waals surface area contributed by atoms with Crippen LogP contribution in [0.2, 0.25) is 0 Å². The van der Waals surface area contributed by atoms with Gasteiger partial charge in [-0.25, -0.2) is 4.39 Å². The van der Waals surface area contributed by atoms with Crippen molar-refractivity contribution in [1.82, 2.24) is 0 Å². The van der Waals surface area contributed by atoms with Gasteiger partial charge in [-0.15, -0.1) is 0 Å². The molecular formula is C16H12FNO2. The van der Waals surface area contributed by atoms with Crippen LogP contribution < -0.4 is 5.32 Å². The molecule has 4 heteroatoms. The van der Waals surface area contributed by atoms with Gasteiger partial charge in [0.1, 0.15) is 12.4 Å². The lowest BCUT2D eigenvalue weighted by Crippen LogP contribution is -2.13. The zero-order valence-electron chi connectivity index (χ0n) is 10.6. The molecular weight excluding hydrogens is 257 g/mol. The van der Waals surface area contributed by atoms with Gasteiger partial charge in [0.15, 0.2) is 0 Å². The van der Waals surface area contributed by atoms with Crippen LogP contribution in [0.25, 0.3) is 0 Å². The lowest BCUT2D eigenvalue weighted by molar-refractivity contribution is 0.102. The molecule has 0 heterocycles. The maximum atomic E-state index is 13.2. The van der Waals surface area contributed by atoms with Crippen molar-refractivity contribution >= 4 is 11.6 Å². The van der Waals surface area contributed by atoms with Gasteiger partial charge in [-0.3, -0.25) is 4.79 Å². The van der Waals surface area contributed by atoms with Crippen LogP contribution in [0, 0.1) is 17.7 Å². The zero-order chi connectivity index (χ0) is 14.4. The maximum Gasteiger partial charge on any atom is 0.256 e. The number of anilines is 1. The van der Waals surface area contributed by atoms with Crippen LogP contribution in [-0.4, -0.2) is 17.6 Å². The lowest BCUT2D eigenvalue weighted by atomic mass is 10.1. The summed E-state index contributed by atoms with van der Waals surface area (Å²) in [5.41, 5.74) is 1.14. The van der Waals surface area contributed by atoms with E-state index in [1.807, 2.05) is 6.07 Å². The van der Waals surface area contributed by atoms with Gasteiger partial charge < -0.3 is 10.4 Å². The number of benzene rings is 2. The summed E-state index contributed by atoms with van der Waals surface area (Å²) in [6, 6.07) is 12.7. The Labute approximate surface area is 116 Å². The van der Waals surface area contributed by atoms with Gasteiger partial charge >= 0.3 is 0 Å². The Morgan fingerprint density at radius 2 is 1.95 bits per heavy atom. The summed E-state index contributed by atoms with van der Waals surface area (Å²) in [5.74, 6) is 4.12. The van der Waals surface area contributed by atoms with Crippen molar-refractivity contribution in [3.05, 3.63) is 65.5 Å². The molecule has 0 spiro atoms. The predicted octanol–water partition coefficient (Wildman–Crippen LogP) is 2.42. The molecule has 0 atom stereocenters. The second-order valence-corrected chi connectivity index (χ2v) is 3.97. The van der Waals surface area contributed by atoms with Gasteiger partial charge in [0.2, 0.25) is 0 Å². The molecule has 100 valence electrons. The largest absolute Gasteiger partial charge is 0.384 e. The molecule has 0 unspecified atom stereocenters. The van der Waals surface area contributed by atoms with Crippen LogP contribution >= 0.6 is 0 Å². The second kappa shape index (κ2) is 6.50. The predicted molar refractivity (Wildman–Crippen MR) is 74.8 cm³/mol. The van der Waals surface area contributed by atoms with Crippen molar-refractivity contribution in [3.8, 4) is 11.8 Å². The summed E-state index contributed by atoms with van der Waals surface area (Å²) in [6.45, 7) is -0.351. The Morgan fingerprint density at radius 3 is 2.65 bits per heavy atom. The van der Waals surface area contributed by atoms with E-state index in [2.05, 4.69) is 17.2 Å². The maximum absolute atomic E-state index is 13.2. The highest BCUT2D eigenvalue weighted by atomic mass is 19.1. The summed E-state index contributed by atoms with van der Waals surface area (Å²) in [7, 11) is 0. The van der Waals surface area contributed by atoms with Crippen LogP contribution in [0.1, 0.15) is 15.9 Å². The molecule has 2 N–H and O–H groups in total. The first-order valence-corrected chi connectivity index (χ1v) is 5.96. The fourth-order valence-electron chi connectivity index (χ4n) is 1.67. The van der Waals surface area contributed by atoms with Gasteiger partial charge in [-0.05, 0) is 30.3 Å². The minimum absolute atomic E-state index is 0.243. The molecule has 0 aliphatic rings. The molecule has 0 aliphatic carbocycles. The lowest BCUT2D eigenvalue weighted by Gasteiger charge is -2.07. The number of rotatable bonds is 2. The quantitative estimate of drug-likeness (QED) is 0.823. The molecule has 2 rings (SSSR count). The van der Waals surface area contributed by atoms with E-state index in [0.717, 1.165) is 0 Å². The minimum Gasteiger partial charge on any atom is -0.384 e. The molecule has 0 saturated heterocycles. The number of halogens is 1. The number of carbonyl (C=O) groups excluding carboxylic acids is 1. The molecule has 2 aromatic carbocycles. The van der Waals surface area contributed by atoms with Crippen LogP contribution in [0.4, 0.5) is 10.1 Å². The second-order valence-electron chi connectivity index (χ2n) is 3.97. The van der Waals surface area contributed by atoms with Gasteiger partial charge in [-0.2, -0.15) is 0 Å². The number of carbonyl (C=O) groups is 1. The summed E-state index contributed by atoms with van der Waals surface area (Å²) >= 11 is 0. The number of amides is 1. The highest BCUT2D eigenvalue weighted by molar-refractivity contribution is 6.05. The van der Waals surface area contributed by atoms with E-state index in [0.29, 0.717) is 5.69 Å². The fraction of sp³-hybridized carbons (Fsp3) is 0.0625. The Kier molecular flexibility index (Phi) is 4.48. The Hall–Kier alpha value is -2.64. The minimum atomic E-state index is -0.483. The number of nitrogens with one attached hydrogen (secondary N) is 1. The number of para-hydroxylation sites is 1. The number of hydrogen-bond acceptors (Lipinski definition) is 2. The van der Waals surface area contributed by atoms with Crippen LogP contribution in [0.3, 0.4) is 0 Å². The highest BCUT2D eigenvalue weighted by Crippen LogP contribution is 2.13. The third-order valence-corrected chi connectivity index (χ3v) is 2.56. The van der Waals surface area contributed by atoms with Gasteiger partial charge in [-0.1, -0.05) is 30.0 Å².